The molecule has 35 heavy (non-hydrogen) atoms. The highest BCUT2D eigenvalue weighted by molar-refractivity contribution is 5.96. The van der Waals surface area contributed by atoms with Crippen molar-refractivity contribution >= 4 is 11.9 Å². The number of hydrogen-bond donors (Lipinski definition) is 0. The summed E-state index contributed by atoms with van der Waals surface area (Å²) in [7, 11) is 0. The van der Waals surface area contributed by atoms with Crippen molar-refractivity contribution in [2.24, 2.45) is 0 Å². The zero-order valence-electron chi connectivity index (χ0n) is 19.3. The summed E-state index contributed by atoms with van der Waals surface area (Å²) in [6, 6.07) is 33.2. The molecule has 0 aliphatic carbocycles. The predicted octanol–water partition coefficient (Wildman–Crippen LogP) is 5.93. The van der Waals surface area contributed by atoms with Crippen molar-refractivity contribution in [3.8, 4) is 11.5 Å². The Kier molecular flexibility index (Phi) is 8.28. The Morgan fingerprint density at radius 1 is 0.600 bits per heavy atom. The van der Waals surface area contributed by atoms with Crippen molar-refractivity contribution in [2.75, 3.05) is 13.2 Å². The fraction of sp³-hybridized carbons (Fsp3) is 0.133. The molecule has 176 valence electrons. The lowest BCUT2D eigenvalue weighted by Crippen LogP contribution is -2.14. The molecule has 0 amide bonds. The minimum absolute atomic E-state index is 0.151. The average Bonchev–Trinajstić information content (AvgIpc) is 2.90. The highest BCUT2D eigenvalue weighted by atomic mass is 16.5. The van der Waals surface area contributed by atoms with Crippen molar-refractivity contribution in [3.05, 3.63) is 131 Å². The van der Waals surface area contributed by atoms with Gasteiger partial charge in [-0.25, -0.2) is 9.59 Å². The van der Waals surface area contributed by atoms with Gasteiger partial charge in [-0.2, -0.15) is 0 Å². The van der Waals surface area contributed by atoms with Crippen LogP contribution < -0.4 is 9.47 Å². The summed E-state index contributed by atoms with van der Waals surface area (Å²) in [6.07, 6.45) is 1.36. The molecule has 4 rings (SSSR count). The number of carbonyl (C=O) groups is 2. The van der Waals surface area contributed by atoms with Crippen LogP contribution in [0, 0.1) is 0 Å². The summed E-state index contributed by atoms with van der Waals surface area (Å²) >= 11 is 0. The van der Waals surface area contributed by atoms with E-state index in [4.69, 9.17) is 14.2 Å². The van der Waals surface area contributed by atoms with Gasteiger partial charge in [-0.15, -0.1) is 0 Å². The smallest absolute Gasteiger partial charge is 0.343 e. The lowest BCUT2D eigenvalue weighted by atomic mass is 10.1. The van der Waals surface area contributed by atoms with Crippen LogP contribution in [-0.2, 0) is 17.6 Å². The Bertz CT molecular complexity index is 1250. The fourth-order valence-corrected chi connectivity index (χ4v) is 3.51. The normalized spacial score (nSPS) is 10.4. The molecule has 0 unspecified atom stereocenters. The number of benzene rings is 4. The summed E-state index contributed by atoms with van der Waals surface area (Å²) in [5.74, 6) is -0.396. The summed E-state index contributed by atoms with van der Waals surface area (Å²) in [4.78, 5) is 25.4. The number of rotatable bonds is 10. The molecule has 0 spiro atoms. The number of para-hydroxylation sites is 1. The molecule has 0 atom stereocenters. The molecule has 0 fully saturated rings. The Hall–Kier alpha value is -4.38. The molecule has 4 aromatic carbocycles. The first-order valence-electron chi connectivity index (χ1n) is 11.5. The lowest BCUT2D eigenvalue weighted by Gasteiger charge is -2.11. The first kappa shape index (κ1) is 23.8. The van der Waals surface area contributed by atoms with Crippen molar-refractivity contribution < 1.29 is 23.8 Å². The van der Waals surface area contributed by atoms with Crippen LogP contribution in [0.4, 0.5) is 0 Å². The molecular formula is C30H26O5. The monoisotopic (exact) mass is 466 g/mol. The van der Waals surface area contributed by atoms with E-state index < -0.39 is 11.9 Å². The van der Waals surface area contributed by atoms with Gasteiger partial charge in [0.1, 0.15) is 17.1 Å². The van der Waals surface area contributed by atoms with Crippen LogP contribution in [0.25, 0.3) is 0 Å². The number of hydrogen-bond acceptors (Lipinski definition) is 5. The molecular weight excluding hydrogens is 440 g/mol. The Morgan fingerprint density at radius 2 is 1.23 bits per heavy atom. The first-order chi connectivity index (χ1) is 17.2. The minimum Gasteiger partial charge on any atom is -0.493 e. The van der Waals surface area contributed by atoms with Crippen LogP contribution in [0.2, 0.25) is 0 Å². The van der Waals surface area contributed by atoms with E-state index in [2.05, 4.69) is 0 Å². The van der Waals surface area contributed by atoms with Crippen molar-refractivity contribution in [3.63, 3.8) is 0 Å². The molecule has 0 bridgehead atoms. The van der Waals surface area contributed by atoms with E-state index in [9.17, 15) is 9.59 Å². The van der Waals surface area contributed by atoms with E-state index >= 15 is 0 Å². The van der Waals surface area contributed by atoms with Crippen LogP contribution in [0.15, 0.2) is 109 Å². The largest absolute Gasteiger partial charge is 0.493 e. The molecule has 0 aromatic heterocycles. The van der Waals surface area contributed by atoms with Gasteiger partial charge in [0.15, 0.2) is 0 Å². The van der Waals surface area contributed by atoms with E-state index in [-0.39, 0.29) is 17.9 Å². The third-order valence-corrected chi connectivity index (χ3v) is 5.35. The van der Waals surface area contributed by atoms with E-state index in [1.165, 1.54) is 5.56 Å². The summed E-state index contributed by atoms with van der Waals surface area (Å²) < 4.78 is 16.8. The van der Waals surface area contributed by atoms with Crippen LogP contribution in [0.1, 0.15) is 31.8 Å². The van der Waals surface area contributed by atoms with E-state index in [1.807, 2.05) is 60.7 Å². The maximum Gasteiger partial charge on any atom is 0.343 e. The lowest BCUT2D eigenvalue weighted by molar-refractivity contribution is 0.0503. The molecule has 0 N–H and O–H groups in total. The first-order valence-corrected chi connectivity index (χ1v) is 11.5. The van der Waals surface area contributed by atoms with E-state index in [1.54, 1.807) is 48.5 Å². The van der Waals surface area contributed by atoms with Gasteiger partial charge in [0.25, 0.3) is 0 Å². The third-order valence-electron chi connectivity index (χ3n) is 5.35. The molecule has 0 saturated heterocycles. The maximum atomic E-state index is 12.8. The zero-order chi connectivity index (χ0) is 24.3. The van der Waals surface area contributed by atoms with Gasteiger partial charge in [-0.3, -0.25) is 0 Å². The molecule has 0 radical (unpaired) electrons. The molecule has 5 heteroatoms. The summed E-state index contributed by atoms with van der Waals surface area (Å²) in [5, 5.41) is 0. The fourth-order valence-electron chi connectivity index (χ4n) is 3.51. The Balaban J connectivity index is 1.34. The molecule has 4 aromatic rings. The summed E-state index contributed by atoms with van der Waals surface area (Å²) in [5.41, 5.74) is 2.78. The Labute approximate surface area is 204 Å². The van der Waals surface area contributed by atoms with Gasteiger partial charge in [-0.1, -0.05) is 78.9 Å². The highest BCUT2D eigenvalue weighted by Crippen LogP contribution is 2.22. The minimum atomic E-state index is -0.581. The number of ether oxygens (including phenoxy) is 3. The second-order valence-corrected chi connectivity index (χ2v) is 7.87. The van der Waals surface area contributed by atoms with E-state index in [0.29, 0.717) is 24.3 Å². The third kappa shape index (κ3) is 7.05. The van der Waals surface area contributed by atoms with Gasteiger partial charge in [0, 0.05) is 12.8 Å². The van der Waals surface area contributed by atoms with Gasteiger partial charge in [0.05, 0.1) is 18.8 Å². The average molecular weight is 467 g/mol. The second-order valence-electron chi connectivity index (χ2n) is 7.87. The molecule has 0 heterocycles. The quantitative estimate of drug-likeness (QED) is 0.214. The van der Waals surface area contributed by atoms with Crippen LogP contribution in [-0.4, -0.2) is 25.2 Å². The predicted molar refractivity (Wildman–Crippen MR) is 134 cm³/mol. The second kappa shape index (κ2) is 12.2. The van der Waals surface area contributed by atoms with Crippen molar-refractivity contribution in [2.45, 2.75) is 12.8 Å². The molecule has 0 aliphatic rings. The van der Waals surface area contributed by atoms with Gasteiger partial charge < -0.3 is 14.2 Å². The Morgan fingerprint density at radius 3 is 1.94 bits per heavy atom. The van der Waals surface area contributed by atoms with Crippen LogP contribution in [0.3, 0.4) is 0 Å². The van der Waals surface area contributed by atoms with Gasteiger partial charge >= 0.3 is 11.9 Å². The maximum absolute atomic E-state index is 12.8. The number of esters is 2. The topological polar surface area (TPSA) is 61.8 Å². The summed E-state index contributed by atoms with van der Waals surface area (Å²) in [6.45, 7) is 0.716. The van der Waals surface area contributed by atoms with Crippen molar-refractivity contribution in [1.29, 1.82) is 0 Å². The van der Waals surface area contributed by atoms with Gasteiger partial charge in [-0.05, 0) is 41.5 Å². The zero-order valence-corrected chi connectivity index (χ0v) is 19.3. The molecule has 5 nitrogen and oxygen atoms in total. The number of carbonyl (C=O) groups excluding carboxylic acids is 2. The molecule has 0 saturated carbocycles. The SMILES string of the molecule is O=C(Oc1ccccc1C(=O)OCCc1ccccc1)c1cccc(OCCc2ccccc2)c1. The van der Waals surface area contributed by atoms with Crippen molar-refractivity contribution in [1.82, 2.24) is 0 Å². The van der Waals surface area contributed by atoms with E-state index in [0.717, 1.165) is 12.0 Å². The highest BCUT2D eigenvalue weighted by Gasteiger charge is 2.17. The molecule has 0 aliphatic heterocycles. The standard InChI is InChI=1S/C30H26O5/c31-29(25-14-9-15-26(22-25)33-20-18-23-10-3-1-4-11-23)35-28-17-8-7-16-27(28)30(32)34-21-19-24-12-5-2-6-13-24/h1-17,22H,18-21H2. The van der Waals surface area contributed by atoms with Crippen LogP contribution >= 0.6 is 0 Å². The van der Waals surface area contributed by atoms with Crippen LogP contribution in [0.5, 0.6) is 11.5 Å². The van der Waals surface area contributed by atoms with Gasteiger partial charge in [0.2, 0.25) is 0 Å².